The van der Waals surface area contributed by atoms with Crippen molar-refractivity contribution in [3.63, 3.8) is 0 Å². The molecule has 178 valence electrons. The van der Waals surface area contributed by atoms with Crippen LogP contribution >= 0.6 is 0 Å². The molecule has 0 aliphatic rings. The first-order chi connectivity index (χ1) is 15.5. The highest BCUT2D eigenvalue weighted by molar-refractivity contribution is 7.86. The third kappa shape index (κ3) is 7.51. The van der Waals surface area contributed by atoms with Gasteiger partial charge in [0.1, 0.15) is 5.75 Å². The van der Waals surface area contributed by atoms with Gasteiger partial charge in [-0.15, -0.1) is 0 Å². The molecule has 0 bridgehead atoms. The molecule has 0 saturated heterocycles. The van der Waals surface area contributed by atoms with Gasteiger partial charge in [-0.2, -0.15) is 13.2 Å². The lowest BCUT2D eigenvalue weighted by molar-refractivity contribution is -0.598. The summed E-state index contributed by atoms with van der Waals surface area (Å²) in [6.07, 6.45) is 0. The average Bonchev–Trinajstić information content (AvgIpc) is 2.79. The molecular formula is C22H20F3IO6S. The van der Waals surface area contributed by atoms with Gasteiger partial charge in [0.15, 0.2) is 25.2 Å². The van der Waals surface area contributed by atoms with Crippen LogP contribution in [0.1, 0.15) is 0 Å². The normalized spacial score (nSPS) is 11.2. The third-order valence-corrected chi connectivity index (χ3v) is 7.60. The predicted octanol–water partition coefficient (Wildman–Crippen LogP) is 1.56. The van der Waals surface area contributed by atoms with E-state index in [0.717, 1.165) is 20.8 Å². The van der Waals surface area contributed by atoms with Crippen LogP contribution in [-0.2, 0) is 10.1 Å². The summed E-state index contributed by atoms with van der Waals surface area (Å²) in [5.74, 6) is 2.37. The van der Waals surface area contributed by atoms with Crippen LogP contribution in [0.25, 0.3) is 11.1 Å². The second-order valence-electron chi connectivity index (χ2n) is 6.21. The molecule has 3 rings (SSSR count). The van der Waals surface area contributed by atoms with Gasteiger partial charge in [-0.25, -0.2) is 8.42 Å². The van der Waals surface area contributed by atoms with Gasteiger partial charge >= 0.3 is 26.7 Å². The lowest BCUT2D eigenvalue weighted by atomic mass is 10.1. The maximum Gasteiger partial charge on any atom is 0.485 e. The summed E-state index contributed by atoms with van der Waals surface area (Å²) in [5.41, 5.74) is -3.19. The minimum Gasteiger partial charge on any atom is -0.741 e. The smallest absolute Gasteiger partial charge is 0.485 e. The molecule has 3 aromatic carbocycles. The Balaban J connectivity index is 0.000000414. The standard InChI is InChI=1S/C21H20IO3.CHF3O3S/c1-23-18-13-19(24-2)21(20(14-18)25-3)22-17-11-9-16(10-12-17)15-7-5-4-6-8-15;2-1(3,4)8(5,6)7/h4-14H,1-3H3;(H,5,6,7)/q+1;/p-1. The van der Waals surface area contributed by atoms with Gasteiger partial charge in [0.05, 0.1) is 21.3 Å². The Hall–Kier alpha value is -2.51. The van der Waals surface area contributed by atoms with Crippen molar-refractivity contribution in [1.29, 1.82) is 0 Å². The topological polar surface area (TPSA) is 84.9 Å². The van der Waals surface area contributed by atoms with Crippen molar-refractivity contribution in [2.45, 2.75) is 5.51 Å². The highest BCUT2D eigenvalue weighted by Crippen LogP contribution is 2.27. The fourth-order valence-electron chi connectivity index (χ4n) is 2.50. The maximum atomic E-state index is 10.7. The molecule has 0 aliphatic heterocycles. The minimum absolute atomic E-state index is 0.434. The Kier molecular flexibility index (Phi) is 9.37. The summed E-state index contributed by atoms with van der Waals surface area (Å²) in [6, 6.07) is 23.0. The van der Waals surface area contributed by atoms with Crippen LogP contribution < -0.4 is 35.4 Å². The van der Waals surface area contributed by atoms with E-state index in [2.05, 4.69) is 48.5 Å². The molecule has 0 aromatic heterocycles. The molecule has 0 atom stereocenters. The summed E-state index contributed by atoms with van der Waals surface area (Å²) in [5, 5.41) is 0. The van der Waals surface area contributed by atoms with Crippen molar-refractivity contribution >= 4 is 10.1 Å². The quantitative estimate of drug-likeness (QED) is 0.244. The van der Waals surface area contributed by atoms with Crippen molar-refractivity contribution in [2.75, 3.05) is 21.3 Å². The monoisotopic (exact) mass is 596 g/mol. The van der Waals surface area contributed by atoms with Gasteiger partial charge < -0.3 is 18.8 Å². The third-order valence-electron chi connectivity index (χ3n) is 4.09. The summed E-state index contributed by atoms with van der Waals surface area (Å²) in [6.45, 7) is 0. The summed E-state index contributed by atoms with van der Waals surface area (Å²) < 4.78 is 77.8. The highest BCUT2D eigenvalue weighted by Gasteiger charge is 2.37. The molecule has 0 amide bonds. The lowest BCUT2D eigenvalue weighted by Gasteiger charge is -2.08. The van der Waals surface area contributed by atoms with Crippen LogP contribution in [0.2, 0.25) is 0 Å². The van der Waals surface area contributed by atoms with E-state index in [1.807, 2.05) is 18.2 Å². The van der Waals surface area contributed by atoms with Gasteiger partial charge in [-0.05, 0) is 35.4 Å². The Morgan fingerprint density at radius 3 is 1.64 bits per heavy atom. The molecule has 3 aromatic rings. The second-order valence-corrected chi connectivity index (χ2v) is 10.4. The SMILES string of the molecule is COc1cc(OC)c([I+]c2ccc(-c3ccccc3)cc2)c(OC)c1.O=S(=O)([O-])C(F)(F)F. The molecule has 11 heteroatoms. The van der Waals surface area contributed by atoms with Crippen LogP contribution in [0.5, 0.6) is 17.2 Å². The summed E-state index contributed by atoms with van der Waals surface area (Å²) in [4.78, 5) is 0. The van der Waals surface area contributed by atoms with Crippen LogP contribution in [0.15, 0.2) is 66.7 Å². The van der Waals surface area contributed by atoms with Crippen LogP contribution in [-0.4, -0.2) is 39.8 Å². The Bertz CT molecular complexity index is 1130. The number of halogens is 4. The van der Waals surface area contributed by atoms with E-state index in [-0.39, 0.29) is 0 Å². The van der Waals surface area contributed by atoms with Crippen LogP contribution in [0, 0.1) is 7.14 Å². The van der Waals surface area contributed by atoms with E-state index in [4.69, 9.17) is 27.2 Å². The number of methoxy groups -OCH3 is 3. The maximum absolute atomic E-state index is 10.7. The molecule has 0 aliphatic carbocycles. The van der Waals surface area contributed by atoms with Crippen molar-refractivity contribution in [2.24, 2.45) is 0 Å². The van der Waals surface area contributed by atoms with E-state index in [9.17, 15) is 13.2 Å². The zero-order valence-electron chi connectivity index (χ0n) is 17.7. The Labute approximate surface area is 200 Å². The predicted molar refractivity (Wildman–Crippen MR) is 111 cm³/mol. The first-order valence-electron chi connectivity index (χ1n) is 9.12. The van der Waals surface area contributed by atoms with E-state index in [1.165, 1.54) is 14.7 Å². The largest absolute Gasteiger partial charge is 0.741 e. The zero-order valence-corrected chi connectivity index (χ0v) is 20.7. The molecule has 0 spiro atoms. The second kappa shape index (κ2) is 11.6. The zero-order chi connectivity index (χ0) is 24.6. The molecule has 0 unspecified atom stereocenters. The molecule has 6 nitrogen and oxygen atoms in total. The number of hydrogen-bond donors (Lipinski definition) is 0. The fourth-order valence-corrected chi connectivity index (χ4v) is 5.13. The number of rotatable bonds is 6. The van der Waals surface area contributed by atoms with E-state index >= 15 is 0 Å². The van der Waals surface area contributed by atoms with Crippen molar-refractivity contribution in [3.8, 4) is 28.4 Å². The van der Waals surface area contributed by atoms with Crippen molar-refractivity contribution in [1.82, 2.24) is 0 Å². The first-order valence-corrected chi connectivity index (χ1v) is 12.7. The minimum atomic E-state index is -6.09. The summed E-state index contributed by atoms with van der Waals surface area (Å²) >= 11 is -0.434. The first kappa shape index (κ1) is 26.7. The molecular weight excluding hydrogens is 576 g/mol. The van der Waals surface area contributed by atoms with E-state index in [0.29, 0.717) is 0 Å². The summed E-state index contributed by atoms with van der Waals surface area (Å²) in [7, 11) is -1.09. The van der Waals surface area contributed by atoms with Gasteiger partial charge in [0.25, 0.3) is 3.57 Å². The van der Waals surface area contributed by atoms with Crippen molar-refractivity contribution < 1.29 is 61.6 Å². The molecule has 0 N–H and O–H groups in total. The number of hydrogen-bond acceptors (Lipinski definition) is 6. The van der Waals surface area contributed by atoms with Crippen LogP contribution in [0.3, 0.4) is 0 Å². The number of alkyl halides is 3. The van der Waals surface area contributed by atoms with Gasteiger partial charge in [-0.1, -0.05) is 30.3 Å². The molecule has 0 radical (unpaired) electrons. The number of ether oxygens (including phenoxy) is 3. The Morgan fingerprint density at radius 1 is 0.788 bits per heavy atom. The van der Waals surface area contributed by atoms with E-state index in [1.54, 1.807) is 21.3 Å². The highest BCUT2D eigenvalue weighted by atomic mass is 127. The molecule has 0 heterocycles. The lowest BCUT2D eigenvalue weighted by Crippen LogP contribution is -3.61. The molecule has 33 heavy (non-hydrogen) atoms. The Morgan fingerprint density at radius 2 is 1.24 bits per heavy atom. The number of benzene rings is 3. The molecule has 0 saturated carbocycles. The average molecular weight is 596 g/mol. The van der Waals surface area contributed by atoms with E-state index < -0.39 is 36.8 Å². The van der Waals surface area contributed by atoms with Gasteiger partial charge in [0.2, 0.25) is 0 Å². The molecule has 0 fully saturated rings. The van der Waals surface area contributed by atoms with Gasteiger partial charge in [-0.3, -0.25) is 0 Å². The van der Waals surface area contributed by atoms with Crippen molar-refractivity contribution in [3.05, 3.63) is 73.9 Å². The van der Waals surface area contributed by atoms with Crippen LogP contribution in [0.4, 0.5) is 13.2 Å². The van der Waals surface area contributed by atoms with Gasteiger partial charge in [0, 0.05) is 12.1 Å². The fraction of sp³-hybridized carbons (Fsp3) is 0.182.